The van der Waals surface area contributed by atoms with Gasteiger partial charge in [0.2, 0.25) is 5.91 Å². The molecule has 1 aromatic heterocycles. The van der Waals surface area contributed by atoms with E-state index in [-0.39, 0.29) is 17.8 Å². The molecule has 0 aliphatic heterocycles. The summed E-state index contributed by atoms with van der Waals surface area (Å²) in [6.07, 6.45) is 2.06. The summed E-state index contributed by atoms with van der Waals surface area (Å²) in [5.41, 5.74) is 3.50. The fraction of sp³-hybridized carbons (Fsp3) is 0.357. The minimum Gasteiger partial charge on any atom is -0.350 e. The largest absolute Gasteiger partial charge is 0.350 e. The lowest BCUT2D eigenvalue weighted by Gasteiger charge is -2.12. The molecule has 1 aromatic carbocycles. The van der Waals surface area contributed by atoms with Crippen LogP contribution in [0.1, 0.15) is 24.1 Å². The Morgan fingerprint density at radius 3 is 2.89 bits per heavy atom. The third-order valence-corrected chi connectivity index (χ3v) is 3.38. The van der Waals surface area contributed by atoms with E-state index < -0.39 is 0 Å². The van der Waals surface area contributed by atoms with Gasteiger partial charge in [0.25, 0.3) is 0 Å². The molecule has 0 spiro atoms. The van der Waals surface area contributed by atoms with E-state index in [1.807, 2.05) is 14.0 Å². The number of alkyl halides is 1. The normalized spacial score (nSPS) is 12.7. The number of hydrogen-bond acceptors (Lipinski definition) is 1. The van der Waals surface area contributed by atoms with Crippen LogP contribution in [0, 0.1) is 6.92 Å². The van der Waals surface area contributed by atoms with Crippen molar-refractivity contribution in [2.24, 2.45) is 7.05 Å². The molecule has 0 radical (unpaired) electrons. The molecular weight excluding hydrogens is 248 g/mol. The van der Waals surface area contributed by atoms with E-state index >= 15 is 0 Å². The summed E-state index contributed by atoms with van der Waals surface area (Å²) >= 11 is 5.51. The molecule has 0 fully saturated rings. The zero-order valence-electron chi connectivity index (χ0n) is 10.8. The van der Waals surface area contributed by atoms with Gasteiger partial charge in [0.15, 0.2) is 0 Å². The van der Waals surface area contributed by atoms with Crippen molar-refractivity contribution in [2.75, 3.05) is 5.88 Å². The molecule has 1 N–H and O–H groups in total. The Bertz CT molecular complexity index is 589. The lowest BCUT2D eigenvalue weighted by Crippen LogP contribution is -2.27. The van der Waals surface area contributed by atoms with Crippen molar-refractivity contribution < 1.29 is 4.79 Å². The van der Waals surface area contributed by atoms with Crippen LogP contribution >= 0.6 is 11.6 Å². The summed E-state index contributed by atoms with van der Waals surface area (Å²) in [7, 11) is 2.01. The van der Waals surface area contributed by atoms with Gasteiger partial charge in [0, 0.05) is 24.1 Å². The predicted molar refractivity (Wildman–Crippen MR) is 74.9 cm³/mol. The molecule has 1 heterocycles. The Labute approximate surface area is 112 Å². The van der Waals surface area contributed by atoms with Gasteiger partial charge in [-0.3, -0.25) is 4.79 Å². The molecule has 0 saturated heterocycles. The fourth-order valence-electron chi connectivity index (χ4n) is 2.24. The highest BCUT2D eigenvalue weighted by atomic mass is 35.5. The van der Waals surface area contributed by atoms with Crippen LogP contribution in [0.2, 0.25) is 0 Å². The Morgan fingerprint density at radius 1 is 1.50 bits per heavy atom. The van der Waals surface area contributed by atoms with E-state index in [1.165, 1.54) is 16.5 Å². The highest BCUT2D eigenvalue weighted by molar-refractivity contribution is 6.27. The predicted octanol–water partition coefficient (Wildman–Crippen LogP) is 2.90. The van der Waals surface area contributed by atoms with E-state index in [0.29, 0.717) is 0 Å². The minimum atomic E-state index is -0.145. The average molecular weight is 265 g/mol. The minimum absolute atomic E-state index is 0.00582. The molecule has 96 valence electrons. The van der Waals surface area contributed by atoms with Gasteiger partial charge in [-0.25, -0.2) is 0 Å². The summed E-state index contributed by atoms with van der Waals surface area (Å²) in [6.45, 7) is 4.04. The maximum Gasteiger partial charge on any atom is 0.235 e. The molecule has 1 unspecified atom stereocenters. The average Bonchev–Trinajstić information content (AvgIpc) is 2.66. The number of aromatic nitrogens is 1. The molecule has 3 nitrogen and oxygen atoms in total. The highest BCUT2D eigenvalue weighted by Crippen LogP contribution is 2.26. The number of carbonyl (C=O) groups excluding carboxylic acids is 1. The monoisotopic (exact) mass is 264 g/mol. The molecule has 0 saturated carbocycles. The SMILES string of the molecule is Cc1ccc2c(c1)c(C(C)NC(=O)CCl)cn2C. The highest BCUT2D eigenvalue weighted by Gasteiger charge is 2.14. The third kappa shape index (κ3) is 2.36. The van der Waals surface area contributed by atoms with Crippen LogP contribution < -0.4 is 5.32 Å². The molecule has 0 aliphatic carbocycles. The second kappa shape index (κ2) is 5.02. The van der Waals surface area contributed by atoms with Gasteiger partial charge in [0.1, 0.15) is 5.88 Å². The summed E-state index contributed by atoms with van der Waals surface area (Å²) in [4.78, 5) is 11.4. The van der Waals surface area contributed by atoms with Gasteiger partial charge in [-0.05, 0) is 31.5 Å². The first-order valence-corrected chi connectivity index (χ1v) is 6.47. The molecule has 4 heteroatoms. The number of fused-ring (bicyclic) bond motifs is 1. The van der Waals surface area contributed by atoms with Gasteiger partial charge < -0.3 is 9.88 Å². The van der Waals surface area contributed by atoms with Gasteiger partial charge in [-0.1, -0.05) is 11.6 Å². The molecule has 18 heavy (non-hydrogen) atoms. The van der Waals surface area contributed by atoms with Gasteiger partial charge in [0.05, 0.1) is 6.04 Å². The zero-order chi connectivity index (χ0) is 13.3. The summed E-state index contributed by atoms with van der Waals surface area (Å²) in [5, 5.41) is 4.07. The number of nitrogens with zero attached hydrogens (tertiary/aromatic N) is 1. The molecule has 2 aromatic rings. The number of rotatable bonds is 3. The molecule has 1 atom stereocenters. The van der Waals surface area contributed by atoms with Crippen LogP contribution in [0.4, 0.5) is 0 Å². The second-order valence-electron chi connectivity index (χ2n) is 4.64. The number of halogens is 1. The van der Waals surface area contributed by atoms with Crippen LogP contribution in [-0.2, 0) is 11.8 Å². The number of nitrogens with one attached hydrogen (secondary N) is 1. The van der Waals surface area contributed by atoms with E-state index in [2.05, 4.69) is 41.2 Å². The maximum atomic E-state index is 11.4. The first-order chi connectivity index (χ1) is 8.52. The van der Waals surface area contributed by atoms with Gasteiger partial charge >= 0.3 is 0 Å². The summed E-state index contributed by atoms with van der Waals surface area (Å²) in [6, 6.07) is 6.30. The van der Waals surface area contributed by atoms with E-state index in [1.54, 1.807) is 0 Å². The number of benzene rings is 1. The van der Waals surface area contributed by atoms with Crippen molar-refractivity contribution in [3.05, 3.63) is 35.5 Å². The Morgan fingerprint density at radius 2 is 2.22 bits per heavy atom. The number of carbonyl (C=O) groups is 1. The quantitative estimate of drug-likeness (QED) is 0.850. The number of aryl methyl sites for hydroxylation is 2. The summed E-state index contributed by atoms with van der Waals surface area (Å²) in [5.74, 6) is -0.150. The Kier molecular flexibility index (Phi) is 3.62. The van der Waals surface area contributed by atoms with Crippen molar-refractivity contribution >= 4 is 28.4 Å². The van der Waals surface area contributed by atoms with Crippen LogP contribution in [0.25, 0.3) is 10.9 Å². The molecule has 1 amide bonds. The smallest absolute Gasteiger partial charge is 0.235 e. The van der Waals surface area contributed by atoms with Crippen LogP contribution in [0.3, 0.4) is 0 Å². The molecule has 2 rings (SSSR count). The van der Waals surface area contributed by atoms with E-state index in [0.717, 1.165) is 5.56 Å². The summed E-state index contributed by atoms with van der Waals surface area (Å²) < 4.78 is 2.08. The molecule has 0 aliphatic rings. The fourth-order valence-corrected chi connectivity index (χ4v) is 2.32. The Balaban J connectivity index is 2.44. The van der Waals surface area contributed by atoms with Crippen molar-refractivity contribution in [1.29, 1.82) is 0 Å². The van der Waals surface area contributed by atoms with E-state index in [4.69, 9.17) is 11.6 Å². The van der Waals surface area contributed by atoms with Crippen molar-refractivity contribution in [3.8, 4) is 0 Å². The van der Waals surface area contributed by atoms with E-state index in [9.17, 15) is 4.79 Å². The van der Waals surface area contributed by atoms with Gasteiger partial charge in [-0.15, -0.1) is 11.6 Å². The van der Waals surface area contributed by atoms with Crippen LogP contribution in [-0.4, -0.2) is 16.4 Å². The Hall–Kier alpha value is -1.48. The van der Waals surface area contributed by atoms with Crippen LogP contribution in [0.5, 0.6) is 0 Å². The third-order valence-electron chi connectivity index (χ3n) is 3.14. The van der Waals surface area contributed by atoms with Crippen molar-refractivity contribution in [1.82, 2.24) is 9.88 Å². The maximum absolute atomic E-state index is 11.4. The number of hydrogen-bond donors (Lipinski definition) is 1. The van der Waals surface area contributed by atoms with Crippen molar-refractivity contribution in [2.45, 2.75) is 19.9 Å². The first kappa shape index (κ1) is 13.0. The number of amides is 1. The molecule has 0 bridgehead atoms. The first-order valence-electron chi connectivity index (χ1n) is 5.94. The zero-order valence-corrected chi connectivity index (χ0v) is 11.6. The van der Waals surface area contributed by atoms with Crippen molar-refractivity contribution in [3.63, 3.8) is 0 Å². The van der Waals surface area contributed by atoms with Gasteiger partial charge in [-0.2, -0.15) is 0 Å². The second-order valence-corrected chi connectivity index (χ2v) is 4.91. The van der Waals surface area contributed by atoms with Crippen LogP contribution in [0.15, 0.2) is 24.4 Å². The molecular formula is C14H17ClN2O. The topological polar surface area (TPSA) is 34.0 Å². The lowest BCUT2D eigenvalue weighted by atomic mass is 10.1. The lowest BCUT2D eigenvalue weighted by molar-refractivity contribution is -0.119. The standard InChI is InChI=1S/C14H17ClN2O/c1-9-4-5-13-11(6-9)12(8-17(13)3)10(2)16-14(18)7-15/h4-6,8,10H,7H2,1-3H3,(H,16,18).